The Labute approximate surface area is 196 Å². The van der Waals surface area contributed by atoms with E-state index in [-0.39, 0.29) is 22.9 Å². The van der Waals surface area contributed by atoms with E-state index < -0.39 is 17.9 Å². The number of amides is 3. The smallest absolute Gasteiger partial charge is 0.260 e. The first-order valence-corrected chi connectivity index (χ1v) is 10.8. The van der Waals surface area contributed by atoms with E-state index in [1.165, 1.54) is 17.0 Å². The molecule has 32 heavy (non-hydrogen) atoms. The summed E-state index contributed by atoms with van der Waals surface area (Å²) >= 11 is 12.3. The molecule has 1 atom stereocenters. The predicted octanol–water partition coefficient (Wildman–Crippen LogP) is 5.59. The van der Waals surface area contributed by atoms with Crippen LogP contribution in [0.2, 0.25) is 10.0 Å². The van der Waals surface area contributed by atoms with Gasteiger partial charge in [0, 0.05) is 10.7 Å². The lowest BCUT2D eigenvalue weighted by Crippen LogP contribution is -2.46. The van der Waals surface area contributed by atoms with Crippen molar-refractivity contribution in [2.75, 3.05) is 9.80 Å². The molecule has 1 heterocycles. The minimum absolute atomic E-state index is 0.127. The molecule has 1 aliphatic heterocycles. The van der Waals surface area contributed by atoms with E-state index in [1.807, 2.05) is 38.1 Å². The molecule has 0 saturated carbocycles. The molecule has 3 aromatic carbocycles. The van der Waals surface area contributed by atoms with Crippen molar-refractivity contribution in [2.45, 2.75) is 26.3 Å². The highest BCUT2D eigenvalue weighted by molar-refractivity contribution is 6.37. The second-order valence-corrected chi connectivity index (χ2v) is 8.60. The highest BCUT2D eigenvalue weighted by Crippen LogP contribution is 2.32. The second-order valence-electron chi connectivity index (χ2n) is 7.76. The van der Waals surface area contributed by atoms with E-state index in [0.717, 1.165) is 16.0 Å². The van der Waals surface area contributed by atoms with E-state index in [1.54, 1.807) is 30.3 Å². The van der Waals surface area contributed by atoms with Gasteiger partial charge < -0.3 is 0 Å². The molecular formula is C25H20Cl2N2O3. The van der Waals surface area contributed by atoms with Gasteiger partial charge in [-0.15, -0.1) is 0 Å². The Balaban J connectivity index is 1.77. The average molecular weight is 467 g/mol. The van der Waals surface area contributed by atoms with Crippen LogP contribution in [0.5, 0.6) is 0 Å². The number of halogens is 2. The Morgan fingerprint density at radius 2 is 1.50 bits per heavy atom. The fourth-order valence-electron chi connectivity index (χ4n) is 3.72. The first-order valence-electron chi connectivity index (χ1n) is 10.0. The predicted molar refractivity (Wildman–Crippen MR) is 127 cm³/mol. The van der Waals surface area contributed by atoms with Crippen molar-refractivity contribution in [2.24, 2.45) is 0 Å². The maximum atomic E-state index is 13.6. The van der Waals surface area contributed by atoms with Crippen LogP contribution in [-0.4, -0.2) is 23.8 Å². The third-order valence-corrected chi connectivity index (χ3v) is 5.97. The molecule has 3 aromatic rings. The average Bonchev–Trinajstić information content (AvgIpc) is 3.04. The maximum absolute atomic E-state index is 13.6. The molecule has 3 amide bonds. The number of benzene rings is 3. The summed E-state index contributed by atoms with van der Waals surface area (Å²) in [5.74, 6) is -1.30. The van der Waals surface area contributed by atoms with E-state index in [0.29, 0.717) is 16.4 Å². The molecule has 1 unspecified atom stereocenters. The number of imide groups is 1. The zero-order valence-electron chi connectivity index (χ0n) is 17.5. The molecule has 4 rings (SSSR count). The highest BCUT2D eigenvalue weighted by atomic mass is 35.5. The third-order valence-electron chi connectivity index (χ3n) is 5.42. The lowest BCUT2D eigenvalue weighted by Gasteiger charge is -2.28. The van der Waals surface area contributed by atoms with Gasteiger partial charge in [0.05, 0.1) is 22.7 Å². The minimum Gasteiger partial charge on any atom is -0.295 e. The molecular weight excluding hydrogens is 447 g/mol. The summed E-state index contributed by atoms with van der Waals surface area (Å²) in [6.45, 7) is 3.85. The van der Waals surface area contributed by atoms with Gasteiger partial charge in [0.25, 0.3) is 11.8 Å². The summed E-state index contributed by atoms with van der Waals surface area (Å²) in [5, 5.41) is 0.567. The zero-order valence-corrected chi connectivity index (χ0v) is 19.0. The Bertz CT molecular complexity index is 1210. The molecule has 0 aromatic heterocycles. The summed E-state index contributed by atoms with van der Waals surface area (Å²) in [6.07, 6.45) is -0.127. The molecule has 0 radical (unpaired) electrons. The number of anilines is 2. The van der Waals surface area contributed by atoms with E-state index in [2.05, 4.69) is 0 Å². The van der Waals surface area contributed by atoms with Crippen LogP contribution < -0.4 is 9.80 Å². The van der Waals surface area contributed by atoms with Crippen molar-refractivity contribution in [3.8, 4) is 0 Å². The number of hydrogen-bond acceptors (Lipinski definition) is 3. The summed E-state index contributed by atoms with van der Waals surface area (Å²) < 4.78 is 0. The van der Waals surface area contributed by atoms with Gasteiger partial charge in [0.2, 0.25) is 5.91 Å². The Kier molecular flexibility index (Phi) is 6.04. The molecule has 1 saturated heterocycles. The molecule has 1 fully saturated rings. The molecule has 1 aliphatic rings. The number of rotatable bonds is 4. The Morgan fingerprint density at radius 3 is 2.09 bits per heavy atom. The Hall–Kier alpha value is -3.15. The number of carbonyl (C=O) groups is 3. The van der Waals surface area contributed by atoms with Crippen molar-refractivity contribution in [3.05, 3.63) is 93.5 Å². The standard InChI is InChI=1S/C25H20Cl2N2O3/c1-15-3-8-18(9-4-15)28(24(31)20-12-7-17(26)13-21(20)27)22-14-23(30)29(25(22)32)19-10-5-16(2)6-11-19/h3-13,22H,14H2,1-2H3. The van der Waals surface area contributed by atoms with Crippen molar-refractivity contribution in [1.29, 1.82) is 0 Å². The van der Waals surface area contributed by atoms with Gasteiger partial charge in [-0.05, 0) is 56.3 Å². The zero-order chi connectivity index (χ0) is 23.0. The van der Waals surface area contributed by atoms with Crippen LogP contribution in [0.25, 0.3) is 0 Å². The normalized spacial score (nSPS) is 15.9. The lowest BCUT2D eigenvalue weighted by molar-refractivity contribution is -0.121. The topological polar surface area (TPSA) is 57.7 Å². The molecule has 0 spiro atoms. The monoisotopic (exact) mass is 466 g/mol. The quantitative estimate of drug-likeness (QED) is 0.470. The third kappa shape index (κ3) is 4.14. The lowest BCUT2D eigenvalue weighted by atomic mass is 10.1. The van der Waals surface area contributed by atoms with Gasteiger partial charge in [-0.1, -0.05) is 58.6 Å². The van der Waals surface area contributed by atoms with E-state index >= 15 is 0 Å². The number of carbonyl (C=O) groups excluding carboxylic acids is 3. The number of hydrogen-bond donors (Lipinski definition) is 0. The first kappa shape index (κ1) is 22.1. The first-order chi connectivity index (χ1) is 15.3. The minimum atomic E-state index is -0.995. The molecule has 0 aliphatic carbocycles. The summed E-state index contributed by atoms with van der Waals surface area (Å²) in [6, 6.07) is 17.9. The van der Waals surface area contributed by atoms with Crippen LogP contribution in [-0.2, 0) is 9.59 Å². The summed E-state index contributed by atoms with van der Waals surface area (Å²) in [7, 11) is 0. The van der Waals surface area contributed by atoms with Crippen LogP contribution >= 0.6 is 23.2 Å². The summed E-state index contributed by atoms with van der Waals surface area (Å²) in [4.78, 5) is 42.4. The molecule has 0 bridgehead atoms. The summed E-state index contributed by atoms with van der Waals surface area (Å²) in [5.41, 5.74) is 3.20. The van der Waals surface area contributed by atoms with Crippen LogP contribution in [0.15, 0.2) is 66.7 Å². The van der Waals surface area contributed by atoms with Crippen LogP contribution in [0.3, 0.4) is 0 Å². The van der Waals surface area contributed by atoms with Crippen molar-refractivity contribution in [1.82, 2.24) is 0 Å². The fourth-order valence-corrected chi connectivity index (χ4v) is 4.21. The largest absolute Gasteiger partial charge is 0.295 e. The van der Waals surface area contributed by atoms with Crippen LogP contribution in [0, 0.1) is 13.8 Å². The van der Waals surface area contributed by atoms with Gasteiger partial charge in [0.1, 0.15) is 6.04 Å². The van der Waals surface area contributed by atoms with E-state index in [4.69, 9.17) is 23.2 Å². The second kappa shape index (κ2) is 8.77. The number of nitrogens with zero attached hydrogens (tertiary/aromatic N) is 2. The van der Waals surface area contributed by atoms with Crippen molar-refractivity contribution in [3.63, 3.8) is 0 Å². The molecule has 0 N–H and O–H groups in total. The number of aryl methyl sites for hydroxylation is 2. The molecule has 7 heteroatoms. The van der Waals surface area contributed by atoms with Crippen LogP contribution in [0.1, 0.15) is 27.9 Å². The fraction of sp³-hybridized carbons (Fsp3) is 0.160. The highest BCUT2D eigenvalue weighted by Gasteiger charge is 2.45. The van der Waals surface area contributed by atoms with Gasteiger partial charge in [-0.25, -0.2) is 4.90 Å². The van der Waals surface area contributed by atoms with E-state index in [9.17, 15) is 14.4 Å². The van der Waals surface area contributed by atoms with Gasteiger partial charge in [0.15, 0.2) is 0 Å². The maximum Gasteiger partial charge on any atom is 0.260 e. The van der Waals surface area contributed by atoms with Gasteiger partial charge >= 0.3 is 0 Å². The van der Waals surface area contributed by atoms with Crippen molar-refractivity contribution >= 4 is 52.3 Å². The van der Waals surface area contributed by atoms with Gasteiger partial charge in [-0.3, -0.25) is 19.3 Å². The molecule has 162 valence electrons. The van der Waals surface area contributed by atoms with Crippen molar-refractivity contribution < 1.29 is 14.4 Å². The van der Waals surface area contributed by atoms with Crippen LogP contribution in [0.4, 0.5) is 11.4 Å². The van der Waals surface area contributed by atoms with Gasteiger partial charge in [-0.2, -0.15) is 0 Å². The SMILES string of the molecule is Cc1ccc(N2C(=O)CC(N(C(=O)c3ccc(Cl)cc3Cl)c3ccc(C)cc3)C2=O)cc1. The molecule has 5 nitrogen and oxygen atoms in total. The Morgan fingerprint density at radius 1 is 0.906 bits per heavy atom.